The number of rotatable bonds is 14. The molecule has 17 nitrogen and oxygen atoms in total. The lowest BCUT2D eigenvalue weighted by molar-refractivity contribution is -0.144. The number of aliphatic carboxylic acids is 1. The van der Waals surface area contributed by atoms with Crippen molar-refractivity contribution in [2.24, 2.45) is 12.8 Å². The van der Waals surface area contributed by atoms with Crippen LogP contribution in [0.15, 0.2) is 76.3 Å². The highest BCUT2D eigenvalue weighted by molar-refractivity contribution is 7.57. The number of carbonyl (C=O) groups excluding carboxylic acids is 3. The molecular formula is C46H57Cl4F3N5O12P. The smallest absolute Gasteiger partial charge is 0.431 e. The van der Waals surface area contributed by atoms with E-state index in [9.17, 15) is 46.5 Å². The number of anilines is 2. The van der Waals surface area contributed by atoms with Gasteiger partial charge < -0.3 is 34.8 Å². The number of aromatic nitrogens is 2. The summed E-state index contributed by atoms with van der Waals surface area (Å²) in [5.41, 5.74) is 4.93. The maximum Gasteiger partial charge on any atom is 0.431 e. The molecule has 0 fully saturated rings. The Morgan fingerprint density at radius 3 is 2.20 bits per heavy atom. The maximum atomic E-state index is 12.9. The van der Waals surface area contributed by atoms with Gasteiger partial charge in [-0.15, -0.1) is 11.6 Å². The van der Waals surface area contributed by atoms with Crippen LogP contribution in [0.2, 0.25) is 5.02 Å². The second-order valence-electron chi connectivity index (χ2n) is 15.8. The number of benzene rings is 3. The van der Waals surface area contributed by atoms with Crippen LogP contribution in [-0.2, 0) is 48.1 Å². The molecular weight excluding hydrogens is 1040 g/mol. The fourth-order valence-corrected chi connectivity index (χ4v) is 7.68. The van der Waals surface area contributed by atoms with Gasteiger partial charge in [-0.2, -0.15) is 13.2 Å². The molecule has 1 aromatic heterocycles. The molecule has 392 valence electrons. The van der Waals surface area contributed by atoms with Gasteiger partial charge in [-0.3, -0.25) is 33.2 Å². The predicted molar refractivity (Wildman–Crippen MR) is 268 cm³/mol. The highest BCUT2D eigenvalue weighted by Crippen LogP contribution is 2.36. The minimum Gasteiger partial charge on any atom is -0.489 e. The number of hydrogen-bond acceptors (Lipinski definition) is 11. The molecule has 0 saturated heterocycles. The van der Waals surface area contributed by atoms with E-state index >= 15 is 0 Å². The van der Waals surface area contributed by atoms with Crippen molar-refractivity contribution in [3.63, 3.8) is 0 Å². The first kappa shape index (κ1) is 62.2. The second kappa shape index (κ2) is 28.4. The number of hydrogen-bond donors (Lipinski definition) is 3. The summed E-state index contributed by atoms with van der Waals surface area (Å²) in [4.78, 5) is 81.3. The lowest BCUT2D eigenvalue weighted by Crippen LogP contribution is -2.47. The Hall–Kier alpha value is -4.92. The SMILES string of the molecule is CC(C)OC(=O)c1cc(-n2c(=O)cc(C(F)(F)F)n(C)c2=O)ccc1Cl.CC1COc2ccccc2N1C(=O)C(Cl)Cl.CCOCN(C(=O)CCl)c1c(C)cccc1CC.CP(=O)(O)CCC(N)C(=O)O. The summed E-state index contributed by atoms with van der Waals surface area (Å²) in [5, 5.41) is 8.29. The summed E-state index contributed by atoms with van der Waals surface area (Å²) in [6.07, 6.45) is -4.43. The molecule has 25 heteroatoms. The molecule has 0 saturated carbocycles. The van der Waals surface area contributed by atoms with Crippen LogP contribution in [0.1, 0.15) is 68.2 Å². The largest absolute Gasteiger partial charge is 0.489 e. The highest BCUT2D eigenvalue weighted by Gasteiger charge is 2.35. The van der Waals surface area contributed by atoms with E-state index in [0.717, 1.165) is 42.0 Å². The topological polar surface area (TPSA) is 230 Å². The van der Waals surface area contributed by atoms with Gasteiger partial charge in [0.05, 0.1) is 39.8 Å². The fourth-order valence-electron chi connectivity index (χ4n) is 6.37. The van der Waals surface area contributed by atoms with Crippen molar-refractivity contribution in [2.45, 2.75) is 83.6 Å². The number of ether oxygens (including phenoxy) is 3. The molecule has 71 heavy (non-hydrogen) atoms. The van der Waals surface area contributed by atoms with Crippen LogP contribution in [0.4, 0.5) is 24.5 Å². The van der Waals surface area contributed by atoms with E-state index in [1.165, 1.54) is 18.8 Å². The van der Waals surface area contributed by atoms with Crippen molar-refractivity contribution < 1.29 is 61.1 Å². The van der Waals surface area contributed by atoms with Gasteiger partial charge in [-0.05, 0) is 88.9 Å². The summed E-state index contributed by atoms with van der Waals surface area (Å²) >= 11 is 22.9. The van der Waals surface area contributed by atoms with E-state index in [0.29, 0.717) is 34.2 Å². The number of carboxylic acids is 1. The molecule has 2 amide bonds. The Morgan fingerprint density at radius 1 is 1.03 bits per heavy atom. The number of nitrogens with zero attached hydrogens (tertiary/aromatic N) is 4. The number of halogens is 7. The van der Waals surface area contributed by atoms with E-state index in [1.807, 2.05) is 63.2 Å². The third-order valence-corrected chi connectivity index (χ3v) is 11.9. The van der Waals surface area contributed by atoms with Gasteiger partial charge in [0.1, 0.15) is 36.7 Å². The van der Waals surface area contributed by atoms with Crippen molar-refractivity contribution in [2.75, 3.05) is 48.5 Å². The van der Waals surface area contributed by atoms with Crippen molar-refractivity contribution in [1.29, 1.82) is 0 Å². The van der Waals surface area contributed by atoms with Crippen LogP contribution < -0.4 is 31.5 Å². The molecule has 5 rings (SSSR count). The molecule has 3 aromatic carbocycles. The fraction of sp³-hybridized carbons (Fsp3) is 0.435. The monoisotopic (exact) mass is 1100 g/mol. The minimum atomic E-state index is -4.86. The zero-order valence-electron chi connectivity index (χ0n) is 40.0. The lowest BCUT2D eigenvalue weighted by Gasteiger charge is -2.35. The van der Waals surface area contributed by atoms with E-state index in [4.69, 9.17) is 76.3 Å². The predicted octanol–water partition coefficient (Wildman–Crippen LogP) is 8.19. The number of fused-ring (bicyclic) bond motifs is 1. The Bertz CT molecular complexity index is 2650. The van der Waals surface area contributed by atoms with Crippen molar-refractivity contribution in [3.8, 4) is 11.4 Å². The van der Waals surface area contributed by atoms with Crippen LogP contribution in [0, 0.1) is 6.92 Å². The molecule has 1 aliphatic heterocycles. The van der Waals surface area contributed by atoms with Gasteiger partial charge in [0.15, 0.2) is 12.2 Å². The Morgan fingerprint density at radius 2 is 1.66 bits per heavy atom. The highest BCUT2D eigenvalue weighted by atomic mass is 35.5. The minimum absolute atomic E-state index is 0.0104. The number of esters is 1. The number of amides is 2. The van der Waals surface area contributed by atoms with Gasteiger partial charge in [-0.25, -0.2) is 14.2 Å². The molecule has 2 heterocycles. The number of aryl methyl sites for hydroxylation is 2. The van der Waals surface area contributed by atoms with Gasteiger partial charge in [0.2, 0.25) is 5.91 Å². The zero-order chi connectivity index (χ0) is 54.1. The van der Waals surface area contributed by atoms with Crippen molar-refractivity contribution in [1.82, 2.24) is 9.13 Å². The molecule has 0 aliphatic carbocycles. The maximum absolute atomic E-state index is 12.9. The summed E-state index contributed by atoms with van der Waals surface area (Å²) in [5.74, 6) is -1.73. The van der Waals surface area contributed by atoms with Crippen LogP contribution in [-0.4, -0.2) is 105 Å². The van der Waals surface area contributed by atoms with E-state index in [1.54, 1.807) is 23.6 Å². The molecule has 4 aromatic rings. The molecule has 0 spiro atoms. The molecule has 0 bridgehead atoms. The number of para-hydroxylation sites is 3. The Kier molecular flexibility index (Phi) is 24.8. The van der Waals surface area contributed by atoms with Crippen LogP contribution >= 0.6 is 53.8 Å². The first-order chi connectivity index (χ1) is 33.0. The van der Waals surface area contributed by atoms with Crippen LogP contribution in [0.25, 0.3) is 5.69 Å². The third-order valence-electron chi connectivity index (χ3n) is 9.84. The third kappa shape index (κ3) is 18.6. The number of carboxylic acid groups (broad SMARTS) is 1. The van der Waals surface area contributed by atoms with E-state index in [-0.39, 0.29) is 59.3 Å². The van der Waals surface area contributed by atoms with E-state index in [2.05, 4.69) is 6.92 Å². The first-order valence-corrected chi connectivity index (χ1v) is 25.6. The van der Waals surface area contributed by atoms with Crippen LogP contribution in [0.3, 0.4) is 0 Å². The number of alkyl halides is 6. The number of nitrogens with two attached hydrogens (primary N) is 1. The van der Waals surface area contributed by atoms with Gasteiger partial charge >= 0.3 is 23.8 Å². The summed E-state index contributed by atoms with van der Waals surface area (Å²) in [6, 6.07) is 16.2. The lowest BCUT2D eigenvalue weighted by atomic mass is 10.0. The Labute approximate surface area is 428 Å². The first-order valence-electron chi connectivity index (χ1n) is 21.6. The van der Waals surface area contributed by atoms with Crippen LogP contribution in [0.5, 0.6) is 5.75 Å². The summed E-state index contributed by atoms with van der Waals surface area (Å²) in [7, 11) is -2.21. The zero-order valence-corrected chi connectivity index (χ0v) is 44.0. The standard InChI is InChI=1S/C16H14ClF3N2O4.C14H20ClNO2.C11H11Cl2NO2.C5H12NO4P/c1-8(2)26-14(24)10-6-9(4-5-11(10)17)22-13(23)7-12(16(18,19)20)21(3)15(22)25;1-4-12-8-6-7-11(3)14(12)16(10-18-5-2)13(17)9-15;1-7-6-16-9-5-3-2-4-8(9)14(7)11(15)10(12)13;1-11(9,10)3-2-4(6)5(7)8/h4-8H,1-3H3;6-8H,4-5,9-10H2,1-3H3;2-5,7,10H,6H2,1H3;4H,2-3,6H2,1H3,(H,7,8)(H,9,10). The van der Waals surface area contributed by atoms with E-state index < -0.39 is 59.4 Å². The average molecular weight is 1100 g/mol. The van der Waals surface area contributed by atoms with Crippen molar-refractivity contribution >= 4 is 88.9 Å². The molecule has 4 N–H and O–H groups in total. The molecule has 3 unspecified atom stereocenters. The molecule has 3 atom stereocenters. The summed E-state index contributed by atoms with van der Waals surface area (Å²) in [6.45, 7) is 13.5. The van der Waals surface area contributed by atoms with Crippen molar-refractivity contribution in [3.05, 3.63) is 115 Å². The van der Waals surface area contributed by atoms with Gasteiger partial charge in [0, 0.05) is 32.5 Å². The normalized spacial score (nSPS) is 14.2. The molecule has 1 aliphatic rings. The molecule has 0 radical (unpaired) electrons. The van der Waals surface area contributed by atoms with Gasteiger partial charge in [0.25, 0.3) is 11.5 Å². The van der Waals surface area contributed by atoms with Gasteiger partial charge in [-0.1, -0.05) is 72.1 Å². The Balaban J connectivity index is 0.000000340. The number of carbonyl (C=O) groups is 4. The quantitative estimate of drug-likeness (QED) is 0.0469. The second-order valence-corrected chi connectivity index (χ2v) is 20.1. The average Bonchev–Trinajstić information content (AvgIpc) is 3.29. The summed E-state index contributed by atoms with van der Waals surface area (Å²) < 4.78 is 66.1.